The van der Waals surface area contributed by atoms with Gasteiger partial charge in [-0.05, 0) is 30.7 Å². The van der Waals surface area contributed by atoms with E-state index in [1.54, 1.807) is 4.68 Å². The summed E-state index contributed by atoms with van der Waals surface area (Å²) in [7, 11) is 0. The molecule has 0 fully saturated rings. The van der Waals surface area contributed by atoms with Gasteiger partial charge in [0.1, 0.15) is 5.52 Å². The zero-order valence-corrected chi connectivity index (χ0v) is 14.0. The number of aromatic nitrogens is 3. The third-order valence-corrected chi connectivity index (χ3v) is 3.64. The van der Waals surface area contributed by atoms with Gasteiger partial charge in [-0.2, -0.15) is 5.10 Å². The predicted octanol–water partition coefficient (Wildman–Crippen LogP) is 3.03. The number of hydrazone groups is 1. The van der Waals surface area contributed by atoms with E-state index in [-0.39, 0.29) is 12.3 Å². The monoisotopic (exact) mass is 333 g/mol. The van der Waals surface area contributed by atoms with E-state index < -0.39 is 0 Å². The van der Waals surface area contributed by atoms with Crippen LogP contribution in [0.25, 0.3) is 17.1 Å². The first-order chi connectivity index (χ1) is 12.2. The molecule has 1 amide bonds. The molecule has 0 aliphatic heterocycles. The number of nitrogens with one attached hydrogen (secondary N) is 1. The summed E-state index contributed by atoms with van der Waals surface area (Å²) in [5.41, 5.74) is 6.11. The van der Waals surface area contributed by atoms with Crippen LogP contribution in [0, 0.1) is 0 Å². The third-order valence-electron chi connectivity index (χ3n) is 3.64. The molecule has 1 aromatic heterocycles. The molecule has 6 heteroatoms. The van der Waals surface area contributed by atoms with Crippen molar-refractivity contribution in [3.05, 3.63) is 66.2 Å². The molecule has 0 saturated heterocycles. The lowest BCUT2D eigenvalue weighted by Crippen LogP contribution is -2.20. The minimum Gasteiger partial charge on any atom is -0.273 e. The fraction of sp³-hybridized carbons (Fsp3) is 0.158. The van der Waals surface area contributed by atoms with Gasteiger partial charge in [-0.25, -0.2) is 10.1 Å². The second-order valence-corrected chi connectivity index (χ2v) is 5.58. The average Bonchev–Trinajstić information content (AvgIpc) is 3.07. The summed E-state index contributed by atoms with van der Waals surface area (Å²) in [6.07, 6.45) is 4.10. The summed E-state index contributed by atoms with van der Waals surface area (Å²) in [5, 5.41) is 12.2. The zero-order chi connectivity index (χ0) is 17.5. The Kier molecular flexibility index (Phi) is 5.31. The number of para-hydroxylation sites is 1. The largest absolute Gasteiger partial charge is 0.273 e. The normalized spacial score (nSPS) is 12.0. The topological polar surface area (TPSA) is 72.2 Å². The van der Waals surface area contributed by atoms with Crippen molar-refractivity contribution in [3.8, 4) is 0 Å². The summed E-state index contributed by atoms with van der Waals surface area (Å²) in [6.45, 7) is 2.30. The molecule has 0 saturated carbocycles. The number of hydrogen-bond donors (Lipinski definition) is 1. The highest BCUT2D eigenvalue weighted by molar-refractivity contribution is 5.96. The summed E-state index contributed by atoms with van der Waals surface area (Å²) < 4.78 is 1.72. The molecule has 126 valence electrons. The van der Waals surface area contributed by atoms with Gasteiger partial charge in [-0.15, -0.1) is 5.10 Å². The average molecular weight is 333 g/mol. The van der Waals surface area contributed by atoms with Gasteiger partial charge in [0.25, 0.3) is 0 Å². The van der Waals surface area contributed by atoms with Gasteiger partial charge >= 0.3 is 0 Å². The second kappa shape index (κ2) is 8.01. The van der Waals surface area contributed by atoms with E-state index in [1.165, 1.54) is 0 Å². The Labute approximate surface area is 145 Å². The Morgan fingerprint density at radius 1 is 1.16 bits per heavy atom. The van der Waals surface area contributed by atoms with Crippen molar-refractivity contribution in [1.29, 1.82) is 0 Å². The van der Waals surface area contributed by atoms with Crippen LogP contribution < -0.4 is 5.43 Å². The number of aryl methyl sites for hydroxylation is 1. The zero-order valence-electron chi connectivity index (χ0n) is 14.0. The minimum absolute atomic E-state index is 0.160. The van der Waals surface area contributed by atoms with Gasteiger partial charge in [-0.1, -0.05) is 53.8 Å². The van der Waals surface area contributed by atoms with E-state index in [1.807, 2.05) is 73.7 Å². The van der Waals surface area contributed by atoms with Crippen molar-refractivity contribution >= 4 is 28.7 Å². The van der Waals surface area contributed by atoms with Crippen molar-refractivity contribution in [3.63, 3.8) is 0 Å². The van der Waals surface area contributed by atoms with Gasteiger partial charge < -0.3 is 0 Å². The van der Waals surface area contributed by atoms with Crippen LogP contribution in [0.1, 0.15) is 18.9 Å². The molecule has 25 heavy (non-hydrogen) atoms. The Morgan fingerprint density at radius 3 is 2.76 bits per heavy atom. The first-order valence-corrected chi connectivity index (χ1v) is 8.07. The minimum atomic E-state index is -0.160. The fourth-order valence-electron chi connectivity index (χ4n) is 2.31. The molecule has 1 N–H and O–H groups in total. The first-order valence-electron chi connectivity index (χ1n) is 8.07. The van der Waals surface area contributed by atoms with E-state index in [0.29, 0.717) is 6.54 Å². The van der Waals surface area contributed by atoms with E-state index in [2.05, 4.69) is 20.8 Å². The number of amides is 1. The van der Waals surface area contributed by atoms with Crippen LogP contribution in [0.15, 0.2) is 65.8 Å². The lowest BCUT2D eigenvalue weighted by Gasteiger charge is -2.02. The van der Waals surface area contributed by atoms with Crippen molar-refractivity contribution in [2.45, 2.75) is 19.9 Å². The second-order valence-electron chi connectivity index (χ2n) is 5.58. The Morgan fingerprint density at radius 2 is 1.92 bits per heavy atom. The van der Waals surface area contributed by atoms with Crippen molar-refractivity contribution < 1.29 is 4.79 Å². The molecule has 3 rings (SSSR count). The number of fused-ring (bicyclic) bond motifs is 1. The van der Waals surface area contributed by atoms with Crippen molar-refractivity contribution in [2.24, 2.45) is 5.10 Å². The highest BCUT2D eigenvalue weighted by Crippen LogP contribution is 2.09. The quantitative estimate of drug-likeness (QED) is 0.557. The molecule has 1 heterocycles. The van der Waals surface area contributed by atoms with Gasteiger partial charge in [0.05, 0.1) is 17.8 Å². The van der Waals surface area contributed by atoms with Crippen LogP contribution in [0.4, 0.5) is 0 Å². The van der Waals surface area contributed by atoms with Gasteiger partial charge in [0.2, 0.25) is 5.91 Å². The summed E-state index contributed by atoms with van der Waals surface area (Å²) in [5.74, 6) is -0.160. The number of benzene rings is 2. The van der Waals surface area contributed by atoms with Crippen LogP contribution in [0.5, 0.6) is 0 Å². The highest BCUT2D eigenvalue weighted by atomic mass is 16.2. The lowest BCUT2D eigenvalue weighted by atomic mass is 10.2. The van der Waals surface area contributed by atoms with Crippen LogP contribution in [-0.4, -0.2) is 26.6 Å². The molecule has 0 unspecified atom stereocenters. The lowest BCUT2D eigenvalue weighted by molar-refractivity contribution is -0.121. The number of carbonyl (C=O) groups excluding carboxylic acids is 1. The molecule has 3 aromatic rings. The summed E-state index contributed by atoms with van der Waals surface area (Å²) >= 11 is 0. The number of rotatable bonds is 6. The Balaban J connectivity index is 1.51. The molecule has 0 spiro atoms. The first kappa shape index (κ1) is 16.6. The number of nitrogens with zero attached hydrogens (tertiary/aromatic N) is 4. The maximum atomic E-state index is 11.9. The Bertz CT molecular complexity index is 912. The SMILES string of the molecule is CC(/C=C/c1ccccc1)=N\NC(=O)CCn1nnc2ccccc21. The Hall–Kier alpha value is -3.28. The molecule has 0 radical (unpaired) electrons. The number of allylic oxidation sites excluding steroid dienone is 1. The number of hydrogen-bond acceptors (Lipinski definition) is 4. The summed E-state index contributed by atoms with van der Waals surface area (Å²) in [6, 6.07) is 17.6. The molecule has 6 nitrogen and oxygen atoms in total. The summed E-state index contributed by atoms with van der Waals surface area (Å²) in [4.78, 5) is 11.9. The standard InChI is InChI=1S/C19H19N5O/c1-15(11-12-16-7-3-2-4-8-16)20-22-19(25)13-14-24-18-10-6-5-9-17(18)21-23-24/h2-12H,13-14H2,1H3,(H,22,25)/b12-11+,20-15+. The van der Waals surface area contributed by atoms with Crippen LogP contribution in [0.3, 0.4) is 0 Å². The van der Waals surface area contributed by atoms with Crippen molar-refractivity contribution in [1.82, 2.24) is 20.4 Å². The van der Waals surface area contributed by atoms with Crippen LogP contribution in [0.2, 0.25) is 0 Å². The molecule has 0 aliphatic carbocycles. The predicted molar refractivity (Wildman–Crippen MR) is 98.9 cm³/mol. The third kappa shape index (κ3) is 4.60. The van der Waals surface area contributed by atoms with E-state index in [9.17, 15) is 4.79 Å². The fourth-order valence-corrected chi connectivity index (χ4v) is 2.31. The van der Waals surface area contributed by atoms with E-state index >= 15 is 0 Å². The highest BCUT2D eigenvalue weighted by Gasteiger charge is 2.06. The van der Waals surface area contributed by atoms with E-state index in [4.69, 9.17) is 0 Å². The van der Waals surface area contributed by atoms with Gasteiger partial charge in [0, 0.05) is 6.42 Å². The molecule has 0 bridgehead atoms. The maximum absolute atomic E-state index is 11.9. The van der Waals surface area contributed by atoms with Crippen LogP contribution >= 0.6 is 0 Å². The van der Waals surface area contributed by atoms with Gasteiger partial charge in [0.15, 0.2) is 0 Å². The number of carbonyl (C=O) groups is 1. The van der Waals surface area contributed by atoms with Crippen molar-refractivity contribution in [2.75, 3.05) is 0 Å². The van der Waals surface area contributed by atoms with Gasteiger partial charge in [-0.3, -0.25) is 4.79 Å². The van der Waals surface area contributed by atoms with Crippen LogP contribution in [-0.2, 0) is 11.3 Å². The molecular weight excluding hydrogens is 314 g/mol. The molecular formula is C19H19N5O. The maximum Gasteiger partial charge on any atom is 0.241 e. The molecule has 0 atom stereocenters. The van der Waals surface area contributed by atoms with E-state index in [0.717, 1.165) is 22.3 Å². The smallest absolute Gasteiger partial charge is 0.241 e. The molecule has 2 aromatic carbocycles. The molecule has 0 aliphatic rings.